The van der Waals surface area contributed by atoms with Crippen LogP contribution in [0.3, 0.4) is 0 Å². The van der Waals surface area contributed by atoms with E-state index in [0.717, 1.165) is 23.3 Å². The Morgan fingerprint density at radius 2 is 1.75 bits per heavy atom. The van der Waals surface area contributed by atoms with Gasteiger partial charge >= 0.3 is 0 Å². The molecule has 1 heterocycles. The fourth-order valence-corrected chi connectivity index (χ4v) is 6.34. The SMILES string of the molecule is CC1(C)C(Oc2ccc(C#N)c(Cl)c2)C(C)(C)C1N1Cc2ccc(Br)cc2C1. The minimum atomic E-state index is -0.0108. The number of nitriles is 1. The maximum absolute atomic E-state index is 9.08. The minimum Gasteiger partial charge on any atom is -0.489 e. The number of rotatable bonds is 3. The molecule has 2 aliphatic rings. The van der Waals surface area contributed by atoms with E-state index in [-0.39, 0.29) is 16.9 Å². The quantitative estimate of drug-likeness (QED) is 0.550. The Balaban J connectivity index is 1.55. The molecule has 3 nitrogen and oxygen atoms in total. The lowest BCUT2D eigenvalue weighted by Crippen LogP contribution is -2.74. The second kappa shape index (κ2) is 6.76. The van der Waals surface area contributed by atoms with Crippen LogP contribution in [0.4, 0.5) is 0 Å². The van der Waals surface area contributed by atoms with Gasteiger partial charge in [0.25, 0.3) is 0 Å². The molecule has 1 fully saturated rings. The van der Waals surface area contributed by atoms with E-state index in [2.05, 4.69) is 72.8 Å². The van der Waals surface area contributed by atoms with Gasteiger partial charge in [-0.3, -0.25) is 4.90 Å². The maximum atomic E-state index is 9.08. The Bertz CT molecular complexity index is 963. The van der Waals surface area contributed by atoms with Crippen LogP contribution < -0.4 is 4.74 Å². The highest BCUT2D eigenvalue weighted by Gasteiger charge is 2.65. The Hall–Kier alpha value is -1.54. The van der Waals surface area contributed by atoms with Crippen LogP contribution in [-0.4, -0.2) is 17.0 Å². The van der Waals surface area contributed by atoms with E-state index in [1.165, 1.54) is 11.1 Å². The van der Waals surface area contributed by atoms with Crippen LogP contribution in [0.15, 0.2) is 40.9 Å². The third-order valence-corrected chi connectivity index (χ3v) is 7.16. The van der Waals surface area contributed by atoms with Crippen molar-refractivity contribution in [3.63, 3.8) is 0 Å². The van der Waals surface area contributed by atoms with Crippen molar-refractivity contribution in [3.8, 4) is 11.8 Å². The van der Waals surface area contributed by atoms with Crippen LogP contribution in [0.2, 0.25) is 5.02 Å². The average Bonchev–Trinajstić information content (AvgIpc) is 3.00. The molecular formula is C23H24BrClN2O. The van der Waals surface area contributed by atoms with Crippen molar-refractivity contribution in [2.75, 3.05) is 0 Å². The van der Waals surface area contributed by atoms with Gasteiger partial charge in [0.05, 0.1) is 10.6 Å². The van der Waals surface area contributed by atoms with Crippen LogP contribution >= 0.6 is 27.5 Å². The number of benzene rings is 2. The molecule has 2 aromatic rings. The largest absolute Gasteiger partial charge is 0.489 e. The van der Waals surface area contributed by atoms with Gasteiger partial charge in [-0.25, -0.2) is 0 Å². The minimum absolute atomic E-state index is 0.0108. The van der Waals surface area contributed by atoms with Gasteiger partial charge in [-0.1, -0.05) is 61.3 Å². The van der Waals surface area contributed by atoms with Crippen molar-refractivity contribution in [2.45, 2.75) is 52.9 Å². The van der Waals surface area contributed by atoms with Gasteiger partial charge in [-0.05, 0) is 35.4 Å². The summed E-state index contributed by atoms with van der Waals surface area (Å²) >= 11 is 9.79. The first-order valence-corrected chi connectivity index (χ1v) is 10.7. The van der Waals surface area contributed by atoms with Crippen LogP contribution in [0.25, 0.3) is 0 Å². The summed E-state index contributed by atoms with van der Waals surface area (Å²) in [6.45, 7) is 11.1. The number of hydrogen-bond donors (Lipinski definition) is 0. The molecule has 0 spiro atoms. The molecule has 4 rings (SSSR count). The van der Waals surface area contributed by atoms with E-state index in [1.807, 2.05) is 6.07 Å². The first-order chi connectivity index (χ1) is 13.1. The zero-order valence-electron chi connectivity index (χ0n) is 16.6. The third-order valence-electron chi connectivity index (χ3n) is 6.36. The molecule has 1 aliphatic carbocycles. The normalized spacial score (nSPS) is 24.9. The van der Waals surface area contributed by atoms with Crippen LogP contribution in [0.5, 0.6) is 5.75 Å². The highest BCUT2D eigenvalue weighted by molar-refractivity contribution is 9.10. The molecule has 1 aliphatic heterocycles. The predicted molar refractivity (Wildman–Crippen MR) is 115 cm³/mol. The summed E-state index contributed by atoms with van der Waals surface area (Å²) in [7, 11) is 0. The topological polar surface area (TPSA) is 36.3 Å². The molecule has 0 aromatic heterocycles. The number of hydrogen-bond acceptors (Lipinski definition) is 3. The molecule has 0 saturated heterocycles. The highest BCUT2D eigenvalue weighted by Crippen LogP contribution is 2.59. The lowest BCUT2D eigenvalue weighted by atomic mass is 9.49. The van der Waals surface area contributed by atoms with Crippen LogP contribution in [0.1, 0.15) is 44.4 Å². The van der Waals surface area contributed by atoms with Gasteiger partial charge in [0, 0.05) is 40.5 Å². The zero-order valence-corrected chi connectivity index (χ0v) is 18.9. The summed E-state index contributed by atoms with van der Waals surface area (Å²) in [5, 5.41) is 9.52. The molecule has 146 valence electrons. The standard InChI is InChI=1S/C23H24BrClN2O/c1-22(2)20(27-12-15-5-7-17(24)9-16(15)13-27)23(3,4)21(22)28-18-8-6-14(11-26)19(25)10-18/h5-10,20-21H,12-13H2,1-4H3. The lowest BCUT2D eigenvalue weighted by Gasteiger charge is -2.65. The van der Waals surface area contributed by atoms with Crippen LogP contribution in [-0.2, 0) is 13.1 Å². The molecule has 0 radical (unpaired) electrons. The first kappa shape index (κ1) is 19.8. The fourth-order valence-electron chi connectivity index (χ4n) is 5.72. The van der Waals surface area contributed by atoms with Crippen LogP contribution in [0, 0.1) is 22.2 Å². The van der Waals surface area contributed by atoms with Crippen molar-refractivity contribution in [3.05, 3.63) is 62.6 Å². The van der Waals surface area contributed by atoms with E-state index in [9.17, 15) is 0 Å². The second-order valence-corrected chi connectivity index (χ2v) is 10.4. The van der Waals surface area contributed by atoms with Gasteiger partial charge < -0.3 is 4.74 Å². The molecule has 0 bridgehead atoms. The van der Waals surface area contributed by atoms with Crippen molar-refractivity contribution >= 4 is 27.5 Å². The van der Waals surface area contributed by atoms with Gasteiger partial charge in [0.15, 0.2) is 0 Å². The molecule has 1 saturated carbocycles. The predicted octanol–water partition coefficient (Wildman–Crippen LogP) is 6.17. The molecule has 0 N–H and O–H groups in total. The van der Waals surface area contributed by atoms with E-state index < -0.39 is 0 Å². The lowest BCUT2D eigenvalue weighted by molar-refractivity contribution is -0.211. The Kier molecular flexibility index (Phi) is 4.77. The van der Waals surface area contributed by atoms with E-state index in [4.69, 9.17) is 21.6 Å². The van der Waals surface area contributed by atoms with Crippen molar-refractivity contribution < 1.29 is 4.74 Å². The Morgan fingerprint density at radius 3 is 2.39 bits per heavy atom. The molecule has 0 atom stereocenters. The average molecular weight is 460 g/mol. The van der Waals surface area contributed by atoms with E-state index >= 15 is 0 Å². The van der Waals surface area contributed by atoms with E-state index in [0.29, 0.717) is 16.6 Å². The van der Waals surface area contributed by atoms with Gasteiger partial charge in [0.2, 0.25) is 0 Å². The Morgan fingerprint density at radius 1 is 1.07 bits per heavy atom. The molecule has 0 amide bonds. The smallest absolute Gasteiger partial charge is 0.121 e. The monoisotopic (exact) mass is 458 g/mol. The summed E-state index contributed by atoms with van der Waals surface area (Å²) in [5.41, 5.74) is 3.27. The summed E-state index contributed by atoms with van der Waals surface area (Å²) in [4.78, 5) is 2.59. The summed E-state index contributed by atoms with van der Waals surface area (Å²) in [6, 6.07) is 14.4. The van der Waals surface area contributed by atoms with E-state index in [1.54, 1.807) is 12.1 Å². The molecule has 28 heavy (non-hydrogen) atoms. The van der Waals surface area contributed by atoms with Gasteiger partial charge in [0.1, 0.15) is 17.9 Å². The molecular weight excluding hydrogens is 436 g/mol. The highest BCUT2D eigenvalue weighted by atomic mass is 79.9. The summed E-state index contributed by atoms with van der Waals surface area (Å²) in [5.74, 6) is 0.724. The summed E-state index contributed by atoms with van der Waals surface area (Å²) < 4.78 is 7.56. The maximum Gasteiger partial charge on any atom is 0.121 e. The van der Waals surface area contributed by atoms with Crippen molar-refractivity contribution in [1.82, 2.24) is 4.90 Å². The molecule has 5 heteroatoms. The van der Waals surface area contributed by atoms with Crippen molar-refractivity contribution in [1.29, 1.82) is 5.26 Å². The second-order valence-electron chi connectivity index (χ2n) is 9.11. The molecule has 0 unspecified atom stereocenters. The number of nitrogens with zero attached hydrogens (tertiary/aromatic N) is 2. The van der Waals surface area contributed by atoms with Gasteiger partial charge in [-0.2, -0.15) is 5.26 Å². The number of fused-ring (bicyclic) bond motifs is 1. The number of halogens is 2. The Labute approximate surface area is 180 Å². The van der Waals surface area contributed by atoms with Gasteiger partial charge in [-0.15, -0.1) is 0 Å². The number of ether oxygens (including phenoxy) is 1. The fraction of sp³-hybridized carbons (Fsp3) is 0.435. The summed E-state index contributed by atoms with van der Waals surface area (Å²) in [6.07, 6.45) is 0.0597. The van der Waals surface area contributed by atoms with Crippen molar-refractivity contribution in [2.24, 2.45) is 10.8 Å². The third kappa shape index (κ3) is 3.05. The first-order valence-electron chi connectivity index (χ1n) is 9.52. The molecule has 2 aromatic carbocycles. The zero-order chi connectivity index (χ0) is 20.3.